The lowest BCUT2D eigenvalue weighted by Crippen LogP contribution is -1.89. The van der Waals surface area contributed by atoms with E-state index in [-0.39, 0.29) is 0 Å². The minimum Gasteiger partial charge on any atom is -0.329 e. The minimum atomic E-state index is -1.61. The molecular weight excluding hydrogens is 206 g/mol. The van der Waals surface area contributed by atoms with E-state index in [4.69, 9.17) is 0 Å². The Labute approximate surface area is 86.0 Å². The molecule has 14 heavy (non-hydrogen) atoms. The lowest BCUT2D eigenvalue weighted by atomic mass is 10.5. The van der Waals surface area contributed by atoms with Crippen molar-refractivity contribution in [1.29, 1.82) is 0 Å². The van der Waals surface area contributed by atoms with E-state index >= 15 is 0 Å². The summed E-state index contributed by atoms with van der Waals surface area (Å²) in [6, 6.07) is 0. The van der Waals surface area contributed by atoms with E-state index in [1.54, 1.807) is 0 Å². The zero-order valence-electron chi connectivity index (χ0n) is 8.13. The molecule has 0 aliphatic carbocycles. The van der Waals surface area contributed by atoms with Crippen molar-refractivity contribution in [2.45, 2.75) is 18.5 Å². The van der Waals surface area contributed by atoms with Crippen LogP contribution < -0.4 is 0 Å². The molecule has 0 N–H and O–H groups in total. The zero-order chi connectivity index (χ0) is 10.6. The Balaban J connectivity index is 2.38. The summed E-state index contributed by atoms with van der Waals surface area (Å²) in [5.74, 6) is 0.627. The lowest BCUT2D eigenvalue weighted by Gasteiger charge is -1.98. The van der Waals surface area contributed by atoms with Gasteiger partial charge in [-0.25, -0.2) is 4.98 Å². The van der Waals surface area contributed by atoms with Crippen LogP contribution in [0, 0.1) is 6.92 Å². The molecule has 0 unspecified atom stereocenters. The highest BCUT2D eigenvalue weighted by Gasteiger charge is 2.01. The van der Waals surface area contributed by atoms with Crippen LogP contribution in [0.3, 0.4) is 0 Å². The molecule has 0 aliphatic rings. The second-order valence-electron chi connectivity index (χ2n) is 2.91. The van der Waals surface area contributed by atoms with Crippen LogP contribution in [0.5, 0.6) is 0 Å². The predicted octanol–water partition coefficient (Wildman–Crippen LogP) is 2.99. The van der Waals surface area contributed by atoms with Crippen LogP contribution in [0.15, 0.2) is 23.5 Å². The first-order valence-electron chi connectivity index (χ1n) is 4.23. The van der Waals surface area contributed by atoms with Crippen molar-refractivity contribution in [2.75, 3.05) is 5.75 Å². The molecule has 1 heterocycles. The SMILES string of the molecule is Cc1cn(C)c(SCCC=C(F)F)n1. The Bertz CT molecular complexity index is 330. The molecule has 0 atom stereocenters. The number of thioether (sulfide) groups is 1. The van der Waals surface area contributed by atoms with E-state index in [0.29, 0.717) is 12.2 Å². The Morgan fingerprint density at radius 3 is 2.86 bits per heavy atom. The van der Waals surface area contributed by atoms with Gasteiger partial charge in [-0.05, 0) is 19.4 Å². The Morgan fingerprint density at radius 1 is 1.64 bits per heavy atom. The van der Waals surface area contributed by atoms with E-state index in [1.807, 2.05) is 24.7 Å². The average molecular weight is 218 g/mol. The average Bonchev–Trinajstić information content (AvgIpc) is 2.39. The molecular formula is C9H12F2N2S. The van der Waals surface area contributed by atoms with Crippen molar-refractivity contribution in [3.63, 3.8) is 0 Å². The van der Waals surface area contributed by atoms with Gasteiger partial charge in [0.1, 0.15) is 0 Å². The maximum absolute atomic E-state index is 11.7. The summed E-state index contributed by atoms with van der Waals surface area (Å²) in [5, 5.41) is 0.871. The van der Waals surface area contributed by atoms with Gasteiger partial charge in [-0.1, -0.05) is 11.8 Å². The second kappa shape index (κ2) is 5.14. The highest BCUT2D eigenvalue weighted by Crippen LogP contribution is 2.17. The van der Waals surface area contributed by atoms with Gasteiger partial charge in [0, 0.05) is 19.0 Å². The number of aryl methyl sites for hydroxylation is 2. The fourth-order valence-electron chi connectivity index (χ4n) is 1.05. The Hall–Kier alpha value is -0.840. The molecule has 0 saturated heterocycles. The second-order valence-corrected chi connectivity index (χ2v) is 3.97. The van der Waals surface area contributed by atoms with Gasteiger partial charge >= 0.3 is 0 Å². The molecule has 0 radical (unpaired) electrons. The zero-order valence-corrected chi connectivity index (χ0v) is 8.94. The van der Waals surface area contributed by atoms with Gasteiger partial charge < -0.3 is 4.57 Å². The molecule has 0 bridgehead atoms. The van der Waals surface area contributed by atoms with Crippen LogP contribution in [0.4, 0.5) is 8.78 Å². The molecule has 0 aliphatic heterocycles. The first-order valence-corrected chi connectivity index (χ1v) is 5.22. The van der Waals surface area contributed by atoms with Crippen LogP contribution in [0.1, 0.15) is 12.1 Å². The van der Waals surface area contributed by atoms with Crippen LogP contribution in [-0.4, -0.2) is 15.3 Å². The quantitative estimate of drug-likeness (QED) is 0.571. The number of allylic oxidation sites excluding steroid dienone is 1. The van der Waals surface area contributed by atoms with E-state index in [2.05, 4.69) is 4.98 Å². The van der Waals surface area contributed by atoms with Gasteiger partial charge in [-0.3, -0.25) is 0 Å². The summed E-state index contributed by atoms with van der Waals surface area (Å²) >= 11 is 1.48. The fourth-order valence-corrected chi connectivity index (χ4v) is 1.93. The van der Waals surface area contributed by atoms with Gasteiger partial charge in [0.15, 0.2) is 5.16 Å². The molecule has 0 spiro atoms. The Kier molecular flexibility index (Phi) is 4.13. The van der Waals surface area contributed by atoms with Crippen LogP contribution >= 0.6 is 11.8 Å². The van der Waals surface area contributed by atoms with Gasteiger partial charge in [-0.2, -0.15) is 8.78 Å². The molecule has 0 amide bonds. The molecule has 1 rings (SSSR count). The summed E-state index contributed by atoms with van der Waals surface area (Å²) in [4.78, 5) is 4.24. The number of aromatic nitrogens is 2. The molecule has 1 aromatic rings. The van der Waals surface area contributed by atoms with Crippen LogP contribution in [0.2, 0.25) is 0 Å². The van der Waals surface area contributed by atoms with Crippen molar-refractivity contribution in [3.05, 3.63) is 24.0 Å². The number of rotatable bonds is 4. The maximum atomic E-state index is 11.7. The maximum Gasteiger partial charge on any atom is 0.266 e. The number of halogens is 2. The molecule has 1 aromatic heterocycles. The van der Waals surface area contributed by atoms with Crippen molar-refractivity contribution >= 4 is 11.8 Å². The number of nitrogens with zero attached hydrogens (tertiary/aromatic N) is 2. The van der Waals surface area contributed by atoms with Gasteiger partial charge in [0.05, 0.1) is 5.69 Å². The van der Waals surface area contributed by atoms with E-state index < -0.39 is 6.08 Å². The number of imidazole rings is 1. The molecule has 2 nitrogen and oxygen atoms in total. The van der Waals surface area contributed by atoms with Gasteiger partial charge in [0.2, 0.25) is 0 Å². The summed E-state index contributed by atoms with van der Waals surface area (Å²) in [7, 11) is 1.90. The van der Waals surface area contributed by atoms with E-state index in [9.17, 15) is 8.78 Å². The predicted molar refractivity (Wildman–Crippen MR) is 53.6 cm³/mol. The largest absolute Gasteiger partial charge is 0.329 e. The normalized spacial score (nSPS) is 10.3. The molecule has 78 valence electrons. The first kappa shape index (κ1) is 11.2. The fraction of sp³-hybridized carbons (Fsp3) is 0.444. The smallest absolute Gasteiger partial charge is 0.266 e. The third kappa shape index (κ3) is 3.49. The molecule has 5 heteroatoms. The standard InChI is InChI=1S/C9H12F2N2S/c1-7-6-13(2)9(12-7)14-5-3-4-8(10)11/h4,6H,3,5H2,1-2H3. The monoisotopic (exact) mass is 218 g/mol. The van der Waals surface area contributed by atoms with Crippen molar-refractivity contribution in [3.8, 4) is 0 Å². The third-order valence-electron chi connectivity index (χ3n) is 1.60. The van der Waals surface area contributed by atoms with Crippen molar-refractivity contribution in [2.24, 2.45) is 7.05 Å². The summed E-state index contributed by atoms with van der Waals surface area (Å²) < 4.78 is 25.2. The van der Waals surface area contributed by atoms with Crippen molar-refractivity contribution in [1.82, 2.24) is 9.55 Å². The summed E-state index contributed by atoms with van der Waals surface area (Å²) in [6.45, 7) is 1.91. The number of hydrogen-bond donors (Lipinski definition) is 0. The van der Waals surface area contributed by atoms with E-state index in [1.165, 1.54) is 11.8 Å². The minimum absolute atomic E-state index is 0.374. The summed E-state index contributed by atoms with van der Waals surface area (Å²) in [5.41, 5.74) is 0.946. The topological polar surface area (TPSA) is 17.8 Å². The number of hydrogen-bond acceptors (Lipinski definition) is 2. The molecule has 0 aromatic carbocycles. The first-order chi connectivity index (χ1) is 6.59. The van der Waals surface area contributed by atoms with Crippen LogP contribution in [-0.2, 0) is 7.05 Å². The highest BCUT2D eigenvalue weighted by molar-refractivity contribution is 7.99. The lowest BCUT2D eigenvalue weighted by molar-refractivity contribution is 0.418. The van der Waals surface area contributed by atoms with Gasteiger partial charge in [-0.15, -0.1) is 0 Å². The van der Waals surface area contributed by atoms with E-state index in [0.717, 1.165) is 16.9 Å². The third-order valence-corrected chi connectivity index (χ3v) is 2.68. The Morgan fingerprint density at radius 2 is 2.36 bits per heavy atom. The molecule has 0 fully saturated rings. The molecule has 0 saturated carbocycles. The van der Waals surface area contributed by atoms with Crippen molar-refractivity contribution < 1.29 is 8.78 Å². The highest BCUT2D eigenvalue weighted by atomic mass is 32.2. The summed E-state index contributed by atoms with van der Waals surface area (Å²) in [6.07, 6.45) is 1.61. The van der Waals surface area contributed by atoms with Gasteiger partial charge in [0.25, 0.3) is 6.08 Å². The van der Waals surface area contributed by atoms with Crippen LogP contribution in [0.25, 0.3) is 0 Å².